The molecule has 0 radical (unpaired) electrons. The number of amides is 1. The predicted molar refractivity (Wildman–Crippen MR) is 69.4 cm³/mol. The summed E-state index contributed by atoms with van der Waals surface area (Å²) >= 11 is 0. The van der Waals surface area contributed by atoms with Gasteiger partial charge in [-0.3, -0.25) is 14.9 Å². The van der Waals surface area contributed by atoms with Crippen LogP contribution in [0.15, 0.2) is 18.2 Å². The van der Waals surface area contributed by atoms with E-state index in [1.807, 2.05) is 0 Å². The van der Waals surface area contributed by atoms with Crippen LogP contribution in [0.3, 0.4) is 0 Å². The van der Waals surface area contributed by atoms with Gasteiger partial charge in [0.2, 0.25) is 0 Å². The Morgan fingerprint density at radius 3 is 2.68 bits per heavy atom. The maximum absolute atomic E-state index is 12.3. The van der Waals surface area contributed by atoms with Crippen molar-refractivity contribution in [3.05, 3.63) is 33.9 Å². The second-order valence-electron chi connectivity index (χ2n) is 4.11. The molecule has 1 aliphatic heterocycles. The Morgan fingerprint density at radius 2 is 2.11 bits per heavy atom. The average molecular weight is 265 g/mol. The number of nitrogens with one attached hydrogen (secondary N) is 1. The number of ether oxygens (including phenoxy) is 1. The first-order valence-electron chi connectivity index (χ1n) is 5.97. The van der Waals surface area contributed by atoms with Crippen LogP contribution in [0.5, 0.6) is 0 Å². The van der Waals surface area contributed by atoms with Crippen molar-refractivity contribution in [1.29, 1.82) is 0 Å². The van der Waals surface area contributed by atoms with Gasteiger partial charge in [0.1, 0.15) is 11.3 Å². The molecule has 0 aromatic heterocycles. The van der Waals surface area contributed by atoms with E-state index in [9.17, 15) is 14.9 Å². The summed E-state index contributed by atoms with van der Waals surface area (Å²) in [5.41, 5.74) is 0.268. The normalized spacial score (nSPS) is 15.1. The van der Waals surface area contributed by atoms with Crippen molar-refractivity contribution in [2.45, 2.75) is 0 Å². The van der Waals surface area contributed by atoms with E-state index in [-0.39, 0.29) is 17.2 Å². The van der Waals surface area contributed by atoms with Gasteiger partial charge < -0.3 is 15.0 Å². The molecular formula is C12H15N3O4. The molecule has 7 nitrogen and oxygen atoms in total. The number of nitro benzene ring substituents is 1. The fourth-order valence-electron chi connectivity index (χ4n) is 2.05. The zero-order chi connectivity index (χ0) is 13.8. The lowest BCUT2D eigenvalue weighted by atomic mass is 10.1. The van der Waals surface area contributed by atoms with Crippen LogP contribution < -0.4 is 5.32 Å². The molecule has 0 aliphatic carbocycles. The smallest absolute Gasteiger partial charge is 0.305 e. The van der Waals surface area contributed by atoms with Crippen molar-refractivity contribution in [3.63, 3.8) is 0 Å². The van der Waals surface area contributed by atoms with Gasteiger partial charge in [-0.1, -0.05) is 6.07 Å². The minimum Gasteiger partial charge on any atom is -0.383 e. The SMILES string of the molecule is CNc1cccc(C(=O)N2CCOCC2)c1[N+](=O)[O-]. The van der Waals surface area contributed by atoms with Crippen molar-refractivity contribution in [1.82, 2.24) is 4.90 Å². The fraction of sp³-hybridized carbons (Fsp3) is 0.417. The molecule has 0 atom stereocenters. The van der Waals surface area contributed by atoms with Gasteiger partial charge in [0, 0.05) is 20.1 Å². The molecule has 2 rings (SSSR count). The first kappa shape index (κ1) is 13.3. The number of anilines is 1. The highest BCUT2D eigenvalue weighted by Crippen LogP contribution is 2.29. The molecule has 7 heteroatoms. The van der Waals surface area contributed by atoms with E-state index in [0.29, 0.717) is 32.0 Å². The summed E-state index contributed by atoms with van der Waals surface area (Å²) in [7, 11) is 1.59. The van der Waals surface area contributed by atoms with Gasteiger partial charge in [-0.15, -0.1) is 0 Å². The fourth-order valence-corrected chi connectivity index (χ4v) is 2.05. The number of hydrogen-bond acceptors (Lipinski definition) is 5. The number of nitrogens with zero attached hydrogens (tertiary/aromatic N) is 2. The van der Waals surface area contributed by atoms with E-state index in [2.05, 4.69) is 5.32 Å². The first-order valence-corrected chi connectivity index (χ1v) is 5.97. The molecular weight excluding hydrogens is 250 g/mol. The van der Waals surface area contributed by atoms with E-state index in [4.69, 9.17) is 4.74 Å². The molecule has 0 saturated carbocycles. The molecule has 1 aromatic carbocycles. The molecule has 1 N–H and O–H groups in total. The zero-order valence-electron chi connectivity index (χ0n) is 10.6. The summed E-state index contributed by atoms with van der Waals surface area (Å²) in [6.07, 6.45) is 0. The standard InChI is InChI=1S/C12H15N3O4/c1-13-10-4-2-3-9(11(10)15(17)18)12(16)14-5-7-19-8-6-14/h2-4,13H,5-8H2,1H3. The second kappa shape index (κ2) is 5.66. The van der Waals surface area contributed by atoms with E-state index in [0.717, 1.165) is 0 Å². The molecule has 0 unspecified atom stereocenters. The van der Waals surface area contributed by atoms with Gasteiger partial charge in [0.25, 0.3) is 5.91 Å². The third-order valence-corrected chi connectivity index (χ3v) is 3.02. The molecule has 1 aromatic rings. The maximum Gasteiger partial charge on any atom is 0.305 e. The number of para-hydroxylation sites is 1. The number of nitro groups is 1. The molecule has 1 aliphatic rings. The molecule has 1 heterocycles. The van der Waals surface area contributed by atoms with E-state index < -0.39 is 4.92 Å². The highest BCUT2D eigenvalue weighted by atomic mass is 16.6. The number of carbonyl (C=O) groups is 1. The third kappa shape index (κ3) is 2.65. The van der Waals surface area contributed by atoms with Crippen molar-refractivity contribution in [2.24, 2.45) is 0 Å². The van der Waals surface area contributed by atoms with E-state index in [1.54, 1.807) is 24.1 Å². The van der Waals surface area contributed by atoms with Crippen molar-refractivity contribution in [2.75, 3.05) is 38.7 Å². The Bertz CT molecular complexity index is 498. The maximum atomic E-state index is 12.3. The largest absolute Gasteiger partial charge is 0.383 e. The minimum absolute atomic E-state index is 0.110. The van der Waals surface area contributed by atoms with Crippen LogP contribution in [0.25, 0.3) is 0 Å². The molecule has 19 heavy (non-hydrogen) atoms. The average Bonchev–Trinajstić information content (AvgIpc) is 2.46. The van der Waals surface area contributed by atoms with Gasteiger partial charge in [-0.25, -0.2) is 0 Å². The third-order valence-electron chi connectivity index (χ3n) is 3.02. The Morgan fingerprint density at radius 1 is 1.42 bits per heavy atom. The molecule has 1 fully saturated rings. The monoisotopic (exact) mass is 265 g/mol. The summed E-state index contributed by atoms with van der Waals surface area (Å²) < 4.78 is 5.17. The molecule has 0 spiro atoms. The summed E-state index contributed by atoms with van der Waals surface area (Å²) in [5.74, 6) is -0.327. The highest BCUT2D eigenvalue weighted by molar-refractivity contribution is 6.00. The Kier molecular flexibility index (Phi) is 3.96. The number of hydrogen-bond donors (Lipinski definition) is 1. The van der Waals surface area contributed by atoms with Crippen LogP contribution >= 0.6 is 0 Å². The second-order valence-corrected chi connectivity index (χ2v) is 4.11. The number of rotatable bonds is 3. The van der Waals surface area contributed by atoms with Gasteiger partial charge in [0.05, 0.1) is 18.1 Å². The number of carbonyl (C=O) groups excluding carboxylic acids is 1. The quantitative estimate of drug-likeness (QED) is 0.653. The summed E-state index contributed by atoms with van der Waals surface area (Å²) in [4.78, 5) is 24.5. The van der Waals surface area contributed by atoms with Crippen molar-refractivity contribution >= 4 is 17.3 Å². The summed E-state index contributed by atoms with van der Waals surface area (Å²) in [5, 5.41) is 13.9. The lowest BCUT2D eigenvalue weighted by Gasteiger charge is -2.26. The van der Waals surface area contributed by atoms with E-state index in [1.165, 1.54) is 6.07 Å². The van der Waals surface area contributed by atoms with Crippen LogP contribution in [-0.4, -0.2) is 49.1 Å². The minimum atomic E-state index is -0.528. The zero-order valence-corrected chi connectivity index (χ0v) is 10.6. The Hall–Kier alpha value is -2.15. The van der Waals surface area contributed by atoms with Crippen LogP contribution in [0, 0.1) is 10.1 Å². The summed E-state index contributed by atoms with van der Waals surface area (Å²) in [6, 6.07) is 4.69. The first-order chi connectivity index (χ1) is 9.15. The van der Waals surface area contributed by atoms with Crippen LogP contribution in [-0.2, 0) is 4.74 Å². The van der Waals surface area contributed by atoms with E-state index >= 15 is 0 Å². The topological polar surface area (TPSA) is 84.7 Å². The lowest BCUT2D eigenvalue weighted by Crippen LogP contribution is -2.40. The number of benzene rings is 1. The molecule has 102 valence electrons. The molecule has 1 saturated heterocycles. The van der Waals surface area contributed by atoms with Crippen LogP contribution in [0.1, 0.15) is 10.4 Å². The predicted octanol–water partition coefficient (Wildman–Crippen LogP) is 1.11. The molecule has 1 amide bonds. The van der Waals surface area contributed by atoms with Gasteiger partial charge in [-0.2, -0.15) is 0 Å². The summed E-state index contributed by atoms with van der Waals surface area (Å²) in [6.45, 7) is 1.84. The molecule has 0 bridgehead atoms. The lowest BCUT2D eigenvalue weighted by molar-refractivity contribution is -0.384. The Labute approximate surface area is 110 Å². The number of morpholine rings is 1. The van der Waals surface area contributed by atoms with Crippen LogP contribution in [0.4, 0.5) is 11.4 Å². The Balaban J connectivity index is 2.37. The highest BCUT2D eigenvalue weighted by Gasteiger charge is 2.28. The van der Waals surface area contributed by atoms with Gasteiger partial charge in [-0.05, 0) is 12.1 Å². The van der Waals surface area contributed by atoms with Gasteiger partial charge >= 0.3 is 5.69 Å². The van der Waals surface area contributed by atoms with Crippen molar-refractivity contribution in [3.8, 4) is 0 Å². The van der Waals surface area contributed by atoms with Gasteiger partial charge in [0.15, 0.2) is 0 Å². The van der Waals surface area contributed by atoms with Crippen molar-refractivity contribution < 1.29 is 14.5 Å². The van der Waals surface area contributed by atoms with Crippen LogP contribution in [0.2, 0.25) is 0 Å².